The maximum atomic E-state index is 13.5. The summed E-state index contributed by atoms with van der Waals surface area (Å²) < 4.78 is 66.5. The molecule has 0 aliphatic carbocycles. The summed E-state index contributed by atoms with van der Waals surface area (Å²) in [6, 6.07) is 11.1. The van der Waals surface area contributed by atoms with Crippen molar-refractivity contribution in [2.24, 2.45) is 11.3 Å². The number of likely N-dealkylation sites (tertiary alicyclic amines) is 1. The van der Waals surface area contributed by atoms with Gasteiger partial charge in [-0.2, -0.15) is 17.5 Å². The predicted molar refractivity (Wildman–Crippen MR) is 130 cm³/mol. The summed E-state index contributed by atoms with van der Waals surface area (Å²) in [6.07, 6.45) is 0.457. The Hall–Kier alpha value is -2.70. The van der Waals surface area contributed by atoms with Crippen molar-refractivity contribution in [1.82, 2.24) is 14.2 Å². The average Bonchev–Trinajstić information content (AvgIpc) is 2.84. The lowest BCUT2D eigenvalue weighted by Gasteiger charge is -2.45. The first-order valence-electron chi connectivity index (χ1n) is 12.0. The average molecular weight is 544 g/mol. The first-order valence-corrected chi connectivity index (χ1v) is 13.4. The van der Waals surface area contributed by atoms with Crippen LogP contribution in [-0.2, 0) is 21.4 Å². The van der Waals surface area contributed by atoms with E-state index in [1.54, 1.807) is 28.7 Å². The van der Waals surface area contributed by atoms with Gasteiger partial charge >= 0.3 is 12.1 Å². The normalized spacial score (nSPS) is 19.6. The number of para-hydroxylation sites is 1. The Balaban J connectivity index is 0.000000479. The molecule has 8 nitrogen and oxygen atoms in total. The van der Waals surface area contributed by atoms with Crippen molar-refractivity contribution in [3.05, 3.63) is 54.4 Å². The number of carbonyl (C=O) groups is 1. The SMILES string of the molecule is CC(C)CN1CC2(CCN(Cc3cccnc3)CC2)COc2ccccc2S1(=O)=O.O=C(O)C(F)(F)F. The number of aliphatic carboxylic acids is 1. The summed E-state index contributed by atoms with van der Waals surface area (Å²) >= 11 is 0. The number of benzene rings is 1. The highest BCUT2D eigenvalue weighted by molar-refractivity contribution is 7.89. The van der Waals surface area contributed by atoms with E-state index < -0.39 is 22.2 Å². The highest BCUT2D eigenvalue weighted by Gasteiger charge is 2.43. The van der Waals surface area contributed by atoms with Crippen molar-refractivity contribution in [1.29, 1.82) is 0 Å². The van der Waals surface area contributed by atoms with Gasteiger partial charge in [0.1, 0.15) is 10.6 Å². The first-order chi connectivity index (χ1) is 17.3. The number of alkyl halides is 3. The Kier molecular flexibility index (Phi) is 9.19. The molecule has 1 aromatic heterocycles. The van der Waals surface area contributed by atoms with Gasteiger partial charge in [-0.3, -0.25) is 9.88 Å². The molecule has 1 fully saturated rings. The van der Waals surface area contributed by atoms with E-state index >= 15 is 0 Å². The van der Waals surface area contributed by atoms with Crippen LogP contribution < -0.4 is 4.74 Å². The summed E-state index contributed by atoms with van der Waals surface area (Å²) in [6.45, 7) is 8.46. The van der Waals surface area contributed by atoms with Crippen LogP contribution in [0.3, 0.4) is 0 Å². The quantitative estimate of drug-likeness (QED) is 0.622. The van der Waals surface area contributed by atoms with Gasteiger partial charge in [-0.15, -0.1) is 0 Å². The van der Waals surface area contributed by atoms with Crippen molar-refractivity contribution in [2.45, 2.75) is 44.3 Å². The molecule has 0 unspecified atom stereocenters. The number of hydrogen-bond donors (Lipinski definition) is 1. The number of pyridine rings is 1. The largest absolute Gasteiger partial charge is 0.492 e. The van der Waals surface area contributed by atoms with E-state index in [2.05, 4.69) is 29.8 Å². The summed E-state index contributed by atoms with van der Waals surface area (Å²) in [5.41, 5.74) is 1.04. The second-order valence-electron chi connectivity index (χ2n) is 9.87. The summed E-state index contributed by atoms with van der Waals surface area (Å²) in [7, 11) is -3.59. The molecule has 1 N–H and O–H groups in total. The number of piperidine rings is 1. The second kappa shape index (κ2) is 11.8. The number of halogens is 3. The minimum atomic E-state index is -5.08. The Morgan fingerprint density at radius 3 is 2.38 bits per heavy atom. The number of rotatable bonds is 4. The zero-order valence-corrected chi connectivity index (χ0v) is 21.6. The molecular formula is C25H32F3N3O5S. The van der Waals surface area contributed by atoms with Gasteiger partial charge in [0.25, 0.3) is 0 Å². The predicted octanol–water partition coefficient (Wildman–Crippen LogP) is 4.04. The van der Waals surface area contributed by atoms with Gasteiger partial charge in [0, 0.05) is 37.4 Å². The molecule has 0 bridgehead atoms. The van der Waals surface area contributed by atoms with Crippen LogP contribution >= 0.6 is 0 Å². The maximum absolute atomic E-state index is 13.5. The molecule has 1 aromatic carbocycles. The maximum Gasteiger partial charge on any atom is 0.490 e. The van der Waals surface area contributed by atoms with E-state index in [-0.39, 0.29) is 16.2 Å². The van der Waals surface area contributed by atoms with E-state index in [1.807, 2.05) is 18.3 Å². The van der Waals surface area contributed by atoms with Crippen LogP contribution in [-0.4, -0.2) is 72.6 Å². The third-order valence-corrected chi connectivity index (χ3v) is 8.22. The van der Waals surface area contributed by atoms with Crippen molar-refractivity contribution >= 4 is 16.0 Å². The Labute approximate surface area is 215 Å². The van der Waals surface area contributed by atoms with Crippen molar-refractivity contribution in [2.75, 3.05) is 32.8 Å². The number of ether oxygens (including phenoxy) is 1. The summed E-state index contributed by atoms with van der Waals surface area (Å²) in [4.78, 5) is 15.8. The third-order valence-electron chi connectivity index (χ3n) is 6.37. The molecule has 37 heavy (non-hydrogen) atoms. The smallest absolute Gasteiger partial charge is 0.490 e. The van der Waals surface area contributed by atoms with Crippen LogP contribution in [0.15, 0.2) is 53.7 Å². The molecule has 0 amide bonds. The number of fused-ring (bicyclic) bond motifs is 1. The van der Waals surface area contributed by atoms with E-state index in [0.717, 1.165) is 32.5 Å². The lowest BCUT2D eigenvalue weighted by Crippen LogP contribution is -2.52. The molecule has 0 saturated carbocycles. The molecule has 2 aromatic rings. The van der Waals surface area contributed by atoms with Crippen LogP contribution in [0.25, 0.3) is 0 Å². The number of nitrogens with zero attached hydrogens (tertiary/aromatic N) is 3. The Bertz CT molecular complexity index is 1150. The van der Waals surface area contributed by atoms with E-state index in [9.17, 15) is 21.6 Å². The van der Waals surface area contributed by atoms with Crippen LogP contribution in [0.4, 0.5) is 13.2 Å². The van der Waals surface area contributed by atoms with E-state index in [0.29, 0.717) is 25.4 Å². The van der Waals surface area contributed by atoms with Crippen molar-refractivity contribution < 1.29 is 36.2 Å². The number of carboxylic acid groups (broad SMARTS) is 1. The second-order valence-corrected chi connectivity index (χ2v) is 11.8. The summed E-state index contributed by atoms with van der Waals surface area (Å²) in [5.74, 6) is -2.02. The Morgan fingerprint density at radius 1 is 1.16 bits per heavy atom. The molecule has 0 atom stereocenters. The van der Waals surface area contributed by atoms with Gasteiger partial charge in [-0.25, -0.2) is 13.2 Å². The Morgan fingerprint density at radius 2 is 1.81 bits per heavy atom. The molecule has 0 radical (unpaired) electrons. The molecule has 204 valence electrons. The standard InChI is InChI=1S/C23H31N3O3S.C2HF3O2/c1-19(2)15-26-17-23(18-29-21-7-3-4-8-22(21)30(26,27)28)9-12-25(13-10-23)16-20-6-5-11-24-14-20;3-2(4,5)1(6)7/h3-8,11,14,19H,9-10,12-13,15-18H2,1-2H3;(H,6,7). The van der Waals surface area contributed by atoms with Crippen LogP contribution in [0.1, 0.15) is 32.3 Å². The van der Waals surface area contributed by atoms with Gasteiger partial charge in [-0.1, -0.05) is 32.0 Å². The number of carboxylic acids is 1. The zero-order valence-electron chi connectivity index (χ0n) is 20.8. The zero-order chi connectivity index (χ0) is 27.3. The third kappa shape index (κ3) is 7.65. The van der Waals surface area contributed by atoms with Gasteiger partial charge in [0.2, 0.25) is 10.0 Å². The highest BCUT2D eigenvalue weighted by atomic mass is 32.2. The highest BCUT2D eigenvalue weighted by Crippen LogP contribution is 2.39. The fourth-order valence-electron chi connectivity index (χ4n) is 4.46. The van der Waals surface area contributed by atoms with E-state index in [4.69, 9.17) is 14.6 Å². The lowest BCUT2D eigenvalue weighted by molar-refractivity contribution is -0.192. The van der Waals surface area contributed by atoms with Gasteiger partial charge in [0.05, 0.1) is 6.61 Å². The molecule has 12 heteroatoms. The lowest BCUT2D eigenvalue weighted by atomic mass is 9.78. The number of aromatic nitrogens is 1. The van der Waals surface area contributed by atoms with Crippen molar-refractivity contribution in [3.8, 4) is 5.75 Å². The molecule has 1 saturated heterocycles. The molecule has 1 spiro atoms. The summed E-state index contributed by atoms with van der Waals surface area (Å²) in [5, 5.41) is 7.12. The minimum Gasteiger partial charge on any atom is -0.492 e. The fraction of sp³-hybridized carbons (Fsp3) is 0.520. The number of hydrogen-bond acceptors (Lipinski definition) is 6. The van der Waals surface area contributed by atoms with Crippen LogP contribution in [0.2, 0.25) is 0 Å². The van der Waals surface area contributed by atoms with Gasteiger partial charge in [0.15, 0.2) is 0 Å². The molecule has 2 aliphatic rings. The van der Waals surface area contributed by atoms with E-state index in [1.165, 1.54) is 5.56 Å². The monoisotopic (exact) mass is 543 g/mol. The molecule has 4 rings (SSSR count). The first kappa shape index (κ1) is 28.9. The topological polar surface area (TPSA) is 100 Å². The van der Waals surface area contributed by atoms with Gasteiger partial charge in [-0.05, 0) is 55.6 Å². The minimum absolute atomic E-state index is 0.166. The van der Waals surface area contributed by atoms with Crippen molar-refractivity contribution in [3.63, 3.8) is 0 Å². The molecular weight excluding hydrogens is 511 g/mol. The van der Waals surface area contributed by atoms with Crippen LogP contribution in [0.5, 0.6) is 5.75 Å². The van der Waals surface area contributed by atoms with Crippen LogP contribution in [0, 0.1) is 11.3 Å². The number of sulfonamides is 1. The molecule has 3 heterocycles. The fourth-order valence-corrected chi connectivity index (χ4v) is 6.31. The molecule has 2 aliphatic heterocycles. The van der Waals surface area contributed by atoms with Gasteiger partial charge < -0.3 is 9.84 Å².